The van der Waals surface area contributed by atoms with E-state index < -0.39 is 0 Å². The Morgan fingerprint density at radius 2 is 2.06 bits per heavy atom. The molecule has 0 aliphatic carbocycles. The summed E-state index contributed by atoms with van der Waals surface area (Å²) in [6.07, 6.45) is 2.83. The summed E-state index contributed by atoms with van der Waals surface area (Å²) in [6, 6.07) is -0.361. The highest BCUT2D eigenvalue weighted by atomic mass is 16.5. The normalized spacial score (nSPS) is 19.8. The summed E-state index contributed by atoms with van der Waals surface area (Å²) in [7, 11) is 0. The molecule has 1 saturated heterocycles. The molecule has 0 radical (unpaired) electrons. The van der Waals surface area contributed by atoms with Crippen LogP contribution in [0.3, 0.4) is 0 Å². The summed E-state index contributed by atoms with van der Waals surface area (Å²) in [5.41, 5.74) is 5.80. The summed E-state index contributed by atoms with van der Waals surface area (Å²) in [4.78, 5) is 11.7. The van der Waals surface area contributed by atoms with E-state index in [1.54, 1.807) is 0 Å². The zero-order valence-corrected chi connectivity index (χ0v) is 10.4. The summed E-state index contributed by atoms with van der Waals surface area (Å²) in [5.74, 6) is 1.01. The average molecular weight is 228 g/mol. The second kappa shape index (κ2) is 6.86. The summed E-state index contributed by atoms with van der Waals surface area (Å²) in [5, 5.41) is 2.94. The van der Waals surface area contributed by atoms with Crippen LogP contribution in [0.1, 0.15) is 33.1 Å². The van der Waals surface area contributed by atoms with Crippen molar-refractivity contribution in [2.24, 2.45) is 17.6 Å². The van der Waals surface area contributed by atoms with Gasteiger partial charge in [0.15, 0.2) is 0 Å². The lowest BCUT2D eigenvalue weighted by molar-refractivity contribution is -0.123. The van der Waals surface area contributed by atoms with Gasteiger partial charge in [0, 0.05) is 19.8 Å². The van der Waals surface area contributed by atoms with Crippen molar-refractivity contribution in [3.05, 3.63) is 0 Å². The molecule has 0 bridgehead atoms. The molecule has 16 heavy (non-hydrogen) atoms. The van der Waals surface area contributed by atoms with Gasteiger partial charge in [-0.1, -0.05) is 13.8 Å². The molecule has 1 aliphatic rings. The molecule has 0 aromatic carbocycles. The maximum Gasteiger partial charge on any atom is 0.236 e. The van der Waals surface area contributed by atoms with Gasteiger partial charge in [0.2, 0.25) is 5.91 Å². The number of rotatable bonds is 5. The van der Waals surface area contributed by atoms with Crippen molar-refractivity contribution in [3.63, 3.8) is 0 Å². The number of carbonyl (C=O) groups excluding carboxylic acids is 1. The fraction of sp³-hybridized carbons (Fsp3) is 0.917. The van der Waals surface area contributed by atoms with E-state index in [0.717, 1.165) is 39.0 Å². The lowest BCUT2D eigenvalue weighted by Gasteiger charge is -2.23. The molecule has 4 nitrogen and oxygen atoms in total. The van der Waals surface area contributed by atoms with Crippen LogP contribution in [-0.2, 0) is 9.53 Å². The molecule has 4 heteroatoms. The summed E-state index contributed by atoms with van der Waals surface area (Å²) in [6.45, 7) is 6.53. The van der Waals surface area contributed by atoms with Gasteiger partial charge in [-0.3, -0.25) is 4.79 Å². The van der Waals surface area contributed by atoms with Gasteiger partial charge in [-0.2, -0.15) is 0 Å². The average Bonchev–Trinajstić information content (AvgIpc) is 2.26. The van der Waals surface area contributed by atoms with E-state index in [0.29, 0.717) is 11.8 Å². The number of nitrogens with one attached hydrogen (secondary N) is 1. The van der Waals surface area contributed by atoms with Crippen LogP contribution in [0, 0.1) is 11.8 Å². The van der Waals surface area contributed by atoms with Crippen molar-refractivity contribution in [1.82, 2.24) is 5.32 Å². The Labute approximate surface area is 97.9 Å². The van der Waals surface area contributed by atoms with Crippen molar-refractivity contribution < 1.29 is 9.53 Å². The van der Waals surface area contributed by atoms with Crippen LogP contribution < -0.4 is 11.1 Å². The minimum Gasteiger partial charge on any atom is -0.381 e. The second-order valence-corrected chi connectivity index (χ2v) is 5.04. The van der Waals surface area contributed by atoms with Gasteiger partial charge in [0.1, 0.15) is 0 Å². The number of hydrogen-bond donors (Lipinski definition) is 2. The maximum atomic E-state index is 11.7. The zero-order chi connectivity index (χ0) is 12.0. The largest absolute Gasteiger partial charge is 0.381 e. The highest BCUT2D eigenvalue weighted by Gasteiger charge is 2.18. The van der Waals surface area contributed by atoms with Crippen LogP contribution in [0.5, 0.6) is 0 Å². The van der Waals surface area contributed by atoms with E-state index >= 15 is 0 Å². The predicted octanol–water partition coefficient (Wildman–Crippen LogP) is 0.903. The summed E-state index contributed by atoms with van der Waals surface area (Å²) < 4.78 is 5.27. The first-order valence-corrected chi connectivity index (χ1v) is 6.20. The standard InChI is InChI=1S/C12H24N2O2/c1-9(2)7-11(13)12(15)14-8-10-3-5-16-6-4-10/h9-11H,3-8,13H2,1-2H3,(H,14,15)/t11-/m1/s1. The van der Waals surface area contributed by atoms with Gasteiger partial charge >= 0.3 is 0 Å². The van der Waals surface area contributed by atoms with Gasteiger partial charge in [-0.05, 0) is 31.1 Å². The van der Waals surface area contributed by atoms with Crippen molar-refractivity contribution in [2.75, 3.05) is 19.8 Å². The number of ether oxygens (including phenoxy) is 1. The van der Waals surface area contributed by atoms with E-state index in [2.05, 4.69) is 19.2 Å². The Hall–Kier alpha value is -0.610. The van der Waals surface area contributed by atoms with Gasteiger partial charge < -0.3 is 15.8 Å². The molecule has 0 aromatic rings. The van der Waals surface area contributed by atoms with Crippen molar-refractivity contribution in [1.29, 1.82) is 0 Å². The van der Waals surface area contributed by atoms with Gasteiger partial charge in [-0.25, -0.2) is 0 Å². The number of carbonyl (C=O) groups is 1. The lowest BCUT2D eigenvalue weighted by Crippen LogP contribution is -2.43. The predicted molar refractivity (Wildman–Crippen MR) is 64.0 cm³/mol. The molecule has 1 rings (SSSR count). The Morgan fingerprint density at radius 1 is 1.44 bits per heavy atom. The van der Waals surface area contributed by atoms with Crippen molar-refractivity contribution in [3.8, 4) is 0 Å². The molecule has 1 fully saturated rings. The Morgan fingerprint density at radius 3 is 2.62 bits per heavy atom. The van der Waals surface area contributed by atoms with Crippen molar-refractivity contribution >= 4 is 5.91 Å². The number of amides is 1. The molecule has 0 spiro atoms. The maximum absolute atomic E-state index is 11.7. The van der Waals surface area contributed by atoms with Crippen LogP contribution in [-0.4, -0.2) is 31.7 Å². The second-order valence-electron chi connectivity index (χ2n) is 5.04. The zero-order valence-electron chi connectivity index (χ0n) is 10.4. The smallest absolute Gasteiger partial charge is 0.236 e. The van der Waals surface area contributed by atoms with Crippen LogP contribution in [0.2, 0.25) is 0 Å². The molecule has 1 aliphatic heterocycles. The Balaban J connectivity index is 2.17. The topological polar surface area (TPSA) is 64.4 Å². The minimum absolute atomic E-state index is 0.0137. The van der Waals surface area contributed by atoms with E-state index in [1.165, 1.54) is 0 Å². The summed E-state index contributed by atoms with van der Waals surface area (Å²) >= 11 is 0. The first kappa shape index (κ1) is 13.5. The molecule has 3 N–H and O–H groups in total. The third-order valence-corrected chi connectivity index (χ3v) is 2.97. The van der Waals surface area contributed by atoms with Crippen LogP contribution in [0.15, 0.2) is 0 Å². The third kappa shape index (κ3) is 4.94. The van der Waals surface area contributed by atoms with E-state index in [-0.39, 0.29) is 11.9 Å². The SMILES string of the molecule is CC(C)C[C@@H](N)C(=O)NCC1CCOCC1. The highest BCUT2D eigenvalue weighted by Crippen LogP contribution is 2.13. The Kier molecular flexibility index (Phi) is 5.77. The fourth-order valence-electron chi connectivity index (χ4n) is 1.94. The third-order valence-electron chi connectivity index (χ3n) is 2.97. The van der Waals surface area contributed by atoms with Gasteiger partial charge in [-0.15, -0.1) is 0 Å². The molecule has 1 heterocycles. The molecule has 0 unspecified atom stereocenters. The molecule has 0 saturated carbocycles. The first-order chi connectivity index (χ1) is 7.59. The quantitative estimate of drug-likeness (QED) is 0.735. The minimum atomic E-state index is -0.361. The van der Waals surface area contributed by atoms with Gasteiger partial charge in [0.25, 0.3) is 0 Å². The molecule has 1 amide bonds. The number of hydrogen-bond acceptors (Lipinski definition) is 3. The Bertz CT molecular complexity index is 213. The molecule has 1 atom stereocenters. The highest BCUT2D eigenvalue weighted by molar-refractivity contribution is 5.81. The van der Waals surface area contributed by atoms with Crippen LogP contribution in [0.4, 0.5) is 0 Å². The lowest BCUT2D eigenvalue weighted by atomic mass is 9.99. The van der Waals surface area contributed by atoms with Crippen LogP contribution >= 0.6 is 0 Å². The van der Waals surface area contributed by atoms with E-state index in [1.807, 2.05) is 0 Å². The molecule has 94 valence electrons. The first-order valence-electron chi connectivity index (χ1n) is 6.20. The number of nitrogens with two attached hydrogens (primary N) is 1. The van der Waals surface area contributed by atoms with Gasteiger partial charge in [0.05, 0.1) is 6.04 Å². The fourth-order valence-corrected chi connectivity index (χ4v) is 1.94. The van der Waals surface area contributed by atoms with Crippen molar-refractivity contribution in [2.45, 2.75) is 39.2 Å². The molecular formula is C12H24N2O2. The molecule has 0 aromatic heterocycles. The van der Waals surface area contributed by atoms with Crippen LogP contribution in [0.25, 0.3) is 0 Å². The van der Waals surface area contributed by atoms with E-state index in [9.17, 15) is 4.79 Å². The monoisotopic (exact) mass is 228 g/mol. The van der Waals surface area contributed by atoms with E-state index in [4.69, 9.17) is 10.5 Å². The molecular weight excluding hydrogens is 204 g/mol.